The molecule has 10 heteroatoms. The summed E-state index contributed by atoms with van der Waals surface area (Å²) >= 11 is 0. The molecule has 3 aliphatic rings. The van der Waals surface area contributed by atoms with Crippen molar-refractivity contribution in [3.8, 4) is 11.5 Å². The lowest BCUT2D eigenvalue weighted by molar-refractivity contribution is -0.255. The van der Waals surface area contributed by atoms with Crippen molar-refractivity contribution in [2.75, 3.05) is 26.2 Å². The van der Waals surface area contributed by atoms with E-state index in [9.17, 15) is 24.7 Å². The van der Waals surface area contributed by atoms with Crippen LogP contribution in [0.5, 0.6) is 11.5 Å². The van der Waals surface area contributed by atoms with Crippen molar-refractivity contribution >= 4 is 18.6 Å². The second kappa shape index (κ2) is 8.21. The summed E-state index contributed by atoms with van der Waals surface area (Å²) in [7, 11) is 0. The summed E-state index contributed by atoms with van der Waals surface area (Å²) in [4.78, 5) is 25.9. The normalized spacial score (nSPS) is 23.1. The van der Waals surface area contributed by atoms with E-state index in [4.69, 9.17) is 9.39 Å². The van der Waals surface area contributed by atoms with E-state index in [0.717, 1.165) is 19.4 Å². The van der Waals surface area contributed by atoms with Gasteiger partial charge in [-0.3, -0.25) is 4.79 Å². The standard InChI is InChI=1S/C18H24BN2O7.CH4/c22-17(12-2-1-7-20-8-12)21-9-13(10-21)27-14-4-3-11-5-6-19(25,26)28-16(11)15(14)18(23)24;/h3-4,12-13,20,25-26H,1-2,5-10H2,(H,23,24);1H4/q-1;/p-1. The molecule has 160 valence electrons. The van der Waals surface area contributed by atoms with E-state index in [-0.39, 0.29) is 55.2 Å². The number of hydrogen-bond acceptors (Lipinski definition) is 8. The molecule has 1 aromatic rings. The molecule has 1 unspecified atom stereocenters. The van der Waals surface area contributed by atoms with Gasteiger partial charge in [0.05, 0.1) is 36.3 Å². The Morgan fingerprint density at radius 3 is 2.72 bits per heavy atom. The summed E-state index contributed by atoms with van der Waals surface area (Å²) in [5, 5.41) is 34.4. The molecule has 4 rings (SSSR count). The van der Waals surface area contributed by atoms with Crippen LogP contribution in [0.4, 0.5) is 0 Å². The van der Waals surface area contributed by atoms with Gasteiger partial charge in [-0.25, -0.2) is 0 Å². The minimum atomic E-state index is -3.10. The number of carboxylic acid groups (broad SMARTS) is 1. The highest BCUT2D eigenvalue weighted by molar-refractivity contribution is 6.59. The van der Waals surface area contributed by atoms with Crippen molar-refractivity contribution in [2.24, 2.45) is 5.92 Å². The minimum absolute atomic E-state index is 0. The number of hydrogen-bond donors (Lipinski definition) is 3. The number of benzene rings is 1. The van der Waals surface area contributed by atoms with E-state index in [0.29, 0.717) is 25.2 Å². The molecule has 1 amide bonds. The molecule has 2 fully saturated rings. The van der Waals surface area contributed by atoms with Crippen molar-refractivity contribution in [2.45, 2.75) is 39.1 Å². The Morgan fingerprint density at radius 2 is 2.07 bits per heavy atom. The van der Waals surface area contributed by atoms with Crippen molar-refractivity contribution in [1.29, 1.82) is 0 Å². The zero-order chi connectivity index (χ0) is 19.9. The SMILES string of the molecule is C.O=C([O-])c1c(OC2CN(C(=O)C3CCCNC3)C2)ccc2c1O[B-](O)(O)CC2. The van der Waals surface area contributed by atoms with Gasteiger partial charge in [-0.15, -0.1) is 0 Å². The molecule has 0 bridgehead atoms. The van der Waals surface area contributed by atoms with E-state index in [1.54, 1.807) is 11.0 Å². The molecule has 3 aliphatic heterocycles. The predicted molar refractivity (Wildman–Crippen MR) is 103 cm³/mol. The largest absolute Gasteiger partial charge is 0.669 e. The number of carboxylic acids is 1. The smallest absolute Gasteiger partial charge is 0.430 e. The van der Waals surface area contributed by atoms with E-state index in [1.807, 2.05) is 0 Å². The molecule has 3 N–H and O–H groups in total. The van der Waals surface area contributed by atoms with E-state index >= 15 is 0 Å². The molecule has 0 radical (unpaired) electrons. The first-order chi connectivity index (χ1) is 13.3. The maximum absolute atomic E-state index is 12.5. The molecule has 1 atom stereocenters. The third-order valence-electron chi connectivity index (χ3n) is 5.60. The number of rotatable bonds is 4. The molecule has 29 heavy (non-hydrogen) atoms. The Morgan fingerprint density at radius 1 is 1.31 bits per heavy atom. The number of amides is 1. The first-order valence-electron chi connectivity index (χ1n) is 9.67. The van der Waals surface area contributed by atoms with Crippen LogP contribution in [-0.4, -0.2) is 65.9 Å². The second-order valence-electron chi connectivity index (χ2n) is 7.76. The Balaban J connectivity index is 0.00000240. The summed E-state index contributed by atoms with van der Waals surface area (Å²) in [6.45, 7) is -0.716. The molecular weight excluding hydrogens is 379 g/mol. The van der Waals surface area contributed by atoms with Gasteiger partial charge in [0.25, 0.3) is 0 Å². The molecule has 0 aliphatic carbocycles. The summed E-state index contributed by atoms with van der Waals surface area (Å²) < 4.78 is 10.9. The number of carbonyl (C=O) groups is 2. The number of fused-ring (bicyclic) bond motifs is 1. The Kier molecular flexibility index (Phi) is 6.07. The topological polar surface area (TPSA) is 131 Å². The van der Waals surface area contributed by atoms with Gasteiger partial charge in [-0.2, -0.15) is 0 Å². The van der Waals surface area contributed by atoms with Crippen LogP contribution < -0.4 is 19.8 Å². The lowest BCUT2D eigenvalue weighted by Gasteiger charge is -2.42. The number of nitrogens with one attached hydrogen (secondary N) is 1. The third-order valence-corrected chi connectivity index (χ3v) is 5.60. The molecule has 0 aromatic heterocycles. The molecule has 1 aromatic carbocycles. The third kappa shape index (κ3) is 4.34. The van der Waals surface area contributed by atoms with Crippen molar-refractivity contribution in [1.82, 2.24) is 10.2 Å². The number of aromatic carboxylic acids is 1. The average molecular weight is 406 g/mol. The quantitative estimate of drug-likeness (QED) is 0.551. The maximum Gasteiger partial charge on any atom is 0.430 e. The average Bonchev–Trinajstić information content (AvgIpc) is 2.63. The molecule has 3 heterocycles. The molecule has 2 saturated heterocycles. The minimum Gasteiger partial charge on any atom is -0.669 e. The highest BCUT2D eigenvalue weighted by Gasteiger charge is 2.37. The van der Waals surface area contributed by atoms with Crippen molar-refractivity contribution in [3.05, 3.63) is 23.3 Å². The van der Waals surface area contributed by atoms with Crippen LogP contribution in [0.3, 0.4) is 0 Å². The lowest BCUT2D eigenvalue weighted by Crippen LogP contribution is -2.58. The van der Waals surface area contributed by atoms with E-state index in [2.05, 4.69) is 5.32 Å². The van der Waals surface area contributed by atoms with Crippen LogP contribution in [0, 0.1) is 5.92 Å². The number of carbonyl (C=O) groups excluding carboxylic acids is 2. The molecule has 0 spiro atoms. The Labute approximate surface area is 169 Å². The number of ether oxygens (including phenoxy) is 1. The number of aryl methyl sites for hydroxylation is 1. The van der Waals surface area contributed by atoms with Crippen LogP contribution in [0.2, 0.25) is 6.32 Å². The number of likely N-dealkylation sites (tertiary alicyclic amines) is 1. The summed E-state index contributed by atoms with van der Waals surface area (Å²) in [6.07, 6.45) is 1.79. The Bertz CT molecular complexity index is 789. The van der Waals surface area contributed by atoms with Gasteiger partial charge in [0, 0.05) is 6.54 Å². The fourth-order valence-corrected chi connectivity index (χ4v) is 4.01. The van der Waals surface area contributed by atoms with Gasteiger partial charge < -0.3 is 39.6 Å². The first kappa shape index (κ1) is 21.4. The highest BCUT2D eigenvalue weighted by Crippen LogP contribution is 2.38. The van der Waals surface area contributed by atoms with Gasteiger partial charge >= 0.3 is 6.75 Å². The summed E-state index contributed by atoms with van der Waals surface area (Å²) in [6, 6.07) is 3.18. The van der Waals surface area contributed by atoms with Crippen molar-refractivity contribution < 1.29 is 34.1 Å². The van der Waals surface area contributed by atoms with Crippen LogP contribution >= 0.6 is 0 Å². The van der Waals surface area contributed by atoms with Gasteiger partial charge in [0.15, 0.2) is 0 Å². The van der Waals surface area contributed by atoms with Crippen LogP contribution in [0.15, 0.2) is 12.1 Å². The highest BCUT2D eigenvalue weighted by atomic mass is 16.6. The lowest BCUT2D eigenvalue weighted by atomic mass is 9.70. The zero-order valence-corrected chi connectivity index (χ0v) is 15.4. The van der Waals surface area contributed by atoms with E-state index < -0.39 is 12.7 Å². The first-order valence-corrected chi connectivity index (χ1v) is 9.67. The monoisotopic (exact) mass is 406 g/mol. The van der Waals surface area contributed by atoms with Crippen LogP contribution in [-0.2, 0) is 11.2 Å². The second-order valence-corrected chi connectivity index (χ2v) is 7.76. The van der Waals surface area contributed by atoms with E-state index in [1.165, 1.54) is 6.07 Å². The van der Waals surface area contributed by atoms with Crippen LogP contribution in [0.25, 0.3) is 0 Å². The fraction of sp³-hybridized carbons (Fsp3) is 0.579. The predicted octanol–water partition coefficient (Wildman–Crippen LogP) is -0.866. The zero-order valence-electron chi connectivity index (χ0n) is 15.4. The fourth-order valence-electron chi connectivity index (χ4n) is 4.01. The number of nitrogens with zero attached hydrogens (tertiary/aromatic N) is 1. The van der Waals surface area contributed by atoms with Gasteiger partial charge in [-0.05, 0) is 37.4 Å². The Hall–Kier alpha value is -2.30. The van der Waals surface area contributed by atoms with Crippen LogP contribution in [0.1, 0.15) is 36.2 Å². The molecule has 0 saturated carbocycles. The summed E-state index contributed by atoms with van der Waals surface area (Å²) in [5.74, 6) is -1.51. The number of piperidine rings is 1. The maximum atomic E-state index is 12.5. The van der Waals surface area contributed by atoms with Crippen molar-refractivity contribution in [3.63, 3.8) is 0 Å². The van der Waals surface area contributed by atoms with Gasteiger partial charge in [-0.1, -0.05) is 19.8 Å². The molecular formula is C19H27BN2O7-2. The molecule has 9 nitrogen and oxygen atoms in total. The summed E-state index contributed by atoms with van der Waals surface area (Å²) in [5.41, 5.74) is 0.232. The van der Waals surface area contributed by atoms with Gasteiger partial charge in [0.1, 0.15) is 11.9 Å². The van der Waals surface area contributed by atoms with Gasteiger partial charge in [0.2, 0.25) is 5.91 Å².